The topological polar surface area (TPSA) is 79.0 Å². The molecule has 0 unspecified atom stereocenters. The second-order valence-corrected chi connectivity index (χ2v) is 6.52. The molecule has 1 aromatic rings. The molecule has 1 N–H and O–H groups in total. The van der Waals surface area contributed by atoms with Crippen molar-refractivity contribution in [1.82, 2.24) is 4.90 Å². The van der Waals surface area contributed by atoms with Gasteiger partial charge in [0.05, 0.1) is 16.9 Å². The number of anilines is 2. The first kappa shape index (κ1) is 18.7. The number of nitrogens with zero attached hydrogens (tertiary/aromatic N) is 2. The lowest BCUT2D eigenvalue weighted by atomic mass is 10.1. The molecule has 2 aliphatic rings. The first-order valence-electron chi connectivity index (χ1n) is 8.93. The van der Waals surface area contributed by atoms with Gasteiger partial charge in [0.25, 0.3) is 5.91 Å². The van der Waals surface area contributed by atoms with Crippen LogP contribution < -0.4 is 10.2 Å². The number of fused-ring (bicyclic) bond motifs is 3. The van der Waals surface area contributed by atoms with Gasteiger partial charge in [0.15, 0.2) is 6.61 Å². The van der Waals surface area contributed by atoms with Gasteiger partial charge in [-0.15, -0.1) is 13.2 Å². The molecule has 0 saturated carbocycles. The van der Waals surface area contributed by atoms with Crippen molar-refractivity contribution in [1.29, 1.82) is 0 Å². The lowest BCUT2D eigenvalue weighted by Gasteiger charge is -2.33. The number of carbonyl (C=O) groups excluding carboxylic acids is 3. The van der Waals surface area contributed by atoms with E-state index >= 15 is 0 Å². The minimum Gasteiger partial charge on any atom is -0.452 e. The van der Waals surface area contributed by atoms with Crippen LogP contribution in [0.25, 0.3) is 0 Å². The molecule has 3 rings (SSSR count). The number of hydrogen-bond acceptors (Lipinski definition) is 5. The minimum atomic E-state index is -0.610. The number of hydrogen-bond donors (Lipinski definition) is 1. The largest absolute Gasteiger partial charge is 0.452 e. The van der Waals surface area contributed by atoms with Gasteiger partial charge in [0, 0.05) is 19.6 Å². The number of esters is 1. The zero-order chi connectivity index (χ0) is 19.4. The fraction of sp³-hybridized carbons (Fsp3) is 0.350. The fourth-order valence-electron chi connectivity index (χ4n) is 3.45. The van der Waals surface area contributed by atoms with Crippen molar-refractivity contribution in [3.8, 4) is 0 Å². The molecule has 7 heteroatoms. The molecule has 0 spiro atoms. The summed E-state index contributed by atoms with van der Waals surface area (Å²) < 4.78 is 5.14. The highest BCUT2D eigenvalue weighted by Gasteiger charge is 2.36. The summed E-state index contributed by atoms with van der Waals surface area (Å²) in [5.41, 5.74) is 1.80. The van der Waals surface area contributed by atoms with E-state index in [1.165, 1.54) is 4.90 Å². The van der Waals surface area contributed by atoms with Gasteiger partial charge >= 0.3 is 5.97 Å². The summed E-state index contributed by atoms with van der Waals surface area (Å²) >= 11 is 0. The molecule has 0 aliphatic carbocycles. The van der Waals surface area contributed by atoms with Gasteiger partial charge in [-0.2, -0.15) is 0 Å². The summed E-state index contributed by atoms with van der Waals surface area (Å²) in [6.07, 6.45) is 5.00. The lowest BCUT2D eigenvalue weighted by molar-refractivity contribution is -0.133. The van der Waals surface area contributed by atoms with E-state index in [2.05, 4.69) is 23.4 Å². The van der Waals surface area contributed by atoms with E-state index in [1.807, 2.05) is 6.07 Å². The van der Waals surface area contributed by atoms with Crippen LogP contribution in [-0.2, 0) is 14.3 Å². The van der Waals surface area contributed by atoms with E-state index in [-0.39, 0.29) is 24.5 Å². The van der Waals surface area contributed by atoms with Gasteiger partial charge in [-0.25, -0.2) is 4.79 Å². The molecule has 1 atom stereocenters. The predicted octanol–water partition coefficient (Wildman–Crippen LogP) is 1.96. The Morgan fingerprint density at radius 1 is 1.30 bits per heavy atom. The van der Waals surface area contributed by atoms with E-state index in [0.29, 0.717) is 24.3 Å². The average Bonchev–Trinajstić information content (AvgIpc) is 3.16. The van der Waals surface area contributed by atoms with Gasteiger partial charge in [0.1, 0.15) is 6.04 Å². The first-order chi connectivity index (χ1) is 13.0. The van der Waals surface area contributed by atoms with Crippen LogP contribution >= 0.6 is 0 Å². The average molecular weight is 369 g/mol. The molecule has 0 bridgehead atoms. The Kier molecular flexibility index (Phi) is 5.59. The maximum absolute atomic E-state index is 12.3. The summed E-state index contributed by atoms with van der Waals surface area (Å²) in [4.78, 5) is 40.2. The van der Waals surface area contributed by atoms with Crippen LogP contribution in [0.4, 0.5) is 11.4 Å². The maximum Gasteiger partial charge on any atom is 0.338 e. The normalized spacial score (nSPS) is 17.4. The SMILES string of the molecule is C=CCN(CC=C)C(=O)COC(=O)c1ccc2c(c1)NC(=O)[C@@H]1CCCN21. The minimum absolute atomic E-state index is 0.0508. The van der Waals surface area contributed by atoms with E-state index in [0.717, 1.165) is 25.1 Å². The second-order valence-electron chi connectivity index (χ2n) is 6.52. The van der Waals surface area contributed by atoms with Gasteiger partial charge in [-0.3, -0.25) is 9.59 Å². The van der Waals surface area contributed by atoms with E-state index in [9.17, 15) is 14.4 Å². The van der Waals surface area contributed by atoms with Crippen molar-refractivity contribution in [2.75, 3.05) is 36.5 Å². The molecular weight excluding hydrogens is 346 g/mol. The Hall–Kier alpha value is -3.09. The smallest absolute Gasteiger partial charge is 0.338 e. The van der Waals surface area contributed by atoms with Crippen molar-refractivity contribution < 1.29 is 19.1 Å². The molecule has 142 valence electrons. The molecule has 1 aromatic carbocycles. The Balaban J connectivity index is 1.67. The molecule has 2 heterocycles. The van der Waals surface area contributed by atoms with E-state index < -0.39 is 5.97 Å². The number of ether oxygens (including phenoxy) is 1. The Bertz CT molecular complexity index is 779. The third-order valence-corrected chi connectivity index (χ3v) is 4.73. The number of carbonyl (C=O) groups is 3. The lowest BCUT2D eigenvalue weighted by Crippen LogP contribution is -2.43. The van der Waals surface area contributed by atoms with Crippen molar-refractivity contribution in [3.63, 3.8) is 0 Å². The number of amides is 2. The first-order valence-corrected chi connectivity index (χ1v) is 8.93. The highest BCUT2D eigenvalue weighted by atomic mass is 16.5. The second kappa shape index (κ2) is 8.07. The molecule has 0 radical (unpaired) electrons. The van der Waals surface area contributed by atoms with Crippen LogP contribution in [0.1, 0.15) is 23.2 Å². The van der Waals surface area contributed by atoms with Crippen LogP contribution in [-0.4, -0.2) is 55.0 Å². The quantitative estimate of drug-likeness (QED) is 0.587. The third-order valence-electron chi connectivity index (χ3n) is 4.73. The molecular formula is C20H23N3O4. The molecule has 1 saturated heterocycles. The monoisotopic (exact) mass is 369 g/mol. The Morgan fingerprint density at radius 2 is 2.04 bits per heavy atom. The molecule has 7 nitrogen and oxygen atoms in total. The summed E-state index contributed by atoms with van der Waals surface area (Å²) in [6, 6.07) is 4.94. The van der Waals surface area contributed by atoms with Gasteiger partial charge in [-0.1, -0.05) is 12.2 Å². The van der Waals surface area contributed by atoms with Crippen molar-refractivity contribution in [3.05, 3.63) is 49.1 Å². The molecule has 2 amide bonds. The zero-order valence-corrected chi connectivity index (χ0v) is 15.1. The highest BCUT2D eigenvalue weighted by Crippen LogP contribution is 2.37. The summed E-state index contributed by atoms with van der Waals surface area (Å²) in [5.74, 6) is -0.986. The molecule has 27 heavy (non-hydrogen) atoms. The molecule has 1 fully saturated rings. The van der Waals surface area contributed by atoms with Crippen LogP contribution in [0.3, 0.4) is 0 Å². The Labute approximate surface area is 158 Å². The summed E-state index contributed by atoms with van der Waals surface area (Å²) in [5, 5.41) is 2.86. The van der Waals surface area contributed by atoms with Crippen molar-refractivity contribution >= 4 is 29.2 Å². The standard InChI is InChI=1S/C20H23N3O4/c1-3-9-22(10-4-2)18(24)13-27-20(26)14-7-8-16-15(12-14)21-19(25)17-6-5-11-23(16)17/h3-4,7-8,12,17H,1-2,5-6,9-11,13H2,(H,21,25)/t17-/m0/s1. The highest BCUT2D eigenvalue weighted by molar-refractivity contribution is 6.05. The number of nitrogens with one attached hydrogen (secondary N) is 1. The molecule has 0 aromatic heterocycles. The van der Waals surface area contributed by atoms with E-state index in [4.69, 9.17) is 4.74 Å². The van der Waals surface area contributed by atoms with Crippen molar-refractivity contribution in [2.45, 2.75) is 18.9 Å². The van der Waals surface area contributed by atoms with Crippen LogP contribution in [0.15, 0.2) is 43.5 Å². The van der Waals surface area contributed by atoms with E-state index in [1.54, 1.807) is 24.3 Å². The van der Waals surface area contributed by atoms with Gasteiger partial charge < -0.3 is 19.9 Å². The van der Waals surface area contributed by atoms with Gasteiger partial charge in [-0.05, 0) is 31.0 Å². The summed E-state index contributed by atoms with van der Waals surface area (Å²) in [6.45, 7) is 8.37. The van der Waals surface area contributed by atoms with Crippen molar-refractivity contribution in [2.24, 2.45) is 0 Å². The summed E-state index contributed by atoms with van der Waals surface area (Å²) in [7, 11) is 0. The fourth-order valence-corrected chi connectivity index (χ4v) is 3.45. The number of rotatable bonds is 7. The predicted molar refractivity (Wildman–Crippen MR) is 103 cm³/mol. The third kappa shape index (κ3) is 3.86. The maximum atomic E-state index is 12.3. The molecule has 2 aliphatic heterocycles. The number of benzene rings is 1. The van der Waals surface area contributed by atoms with Crippen LogP contribution in [0.2, 0.25) is 0 Å². The Morgan fingerprint density at radius 3 is 2.74 bits per heavy atom. The van der Waals surface area contributed by atoms with Gasteiger partial charge in [0.2, 0.25) is 5.91 Å². The zero-order valence-electron chi connectivity index (χ0n) is 15.1. The van der Waals surface area contributed by atoms with Crippen LogP contribution in [0.5, 0.6) is 0 Å². The van der Waals surface area contributed by atoms with Crippen LogP contribution in [0, 0.1) is 0 Å².